The van der Waals surface area contributed by atoms with Gasteiger partial charge in [0.05, 0.1) is 0 Å². The molecule has 3 saturated heterocycles. The van der Waals surface area contributed by atoms with E-state index in [1.165, 1.54) is 84.7 Å². The Balaban J connectivity index is 0.000000341. The summed E-state index contributed by atoms with van der Waals surface area (Å²) in [4.78, 5) is 12.9. The highest BCUT2D eigenvalue weighted by Gasteiger charge is 2.26. The van der Waals surface area contributed by atoms with Gasteiger partial charge in [0.2, 0.25) is 0 Å². The van der Waals surface area contributed by atoms with Gasteiger partial charge in [0.15, 0.2) is 0 Å². The summed E-state index contributed by atoms with van der Waals surface area (Å²) in [5, 5.41) is 0. The van der Waals surface area contributed by atoms with Crippen molar-refractivity contribution in [1.82, 2.24) is 24.5 Å². The Morgan fingerprint density at radius 3 is 1.71 bits per heavy atom. The zero-order valence-electron chi connectivity index (χ0n) is 25.9. The average molecular weight is 496 g/mol. The monoisotopic (exact) mass is 496 g/mol. The Bertz CT molecular complexity index is 481. The zero-order valence-corrected chi connectivity index (χ0v) is 25.9. The normalized spacial score (nSPS) is 26.1. The molecule has 3 aliphatic heterocycles. The van der Waals surface area contributed by atoms with E-state index in [1.54, 1.807) is 0 Å². The molecule has 5 heteroatoms. The summed E-state index contributed by atoms with van der Waals surface area (Å²) in [6.07, 6.45) is 4.18. The highest BCUT2D eigenvalue weighted by molar-refractivity contribution is 4.81. The van der Waals surface area contributed by atoms with Gasteiger partial charge < -0.3 is 19.6 Å². The molecule has 35 heavy (non-hydrogen) atoms. The molecule has 0 aromatic rings. The number of likely N-dealkylation sites (tertiary alicyclic amines) is 2. The van der Waals surface area contributed by atoms with Crippen LogP contribution in [0.25, 0.3) is 0 Å². The van der Waals surface area contributed by atoms with E-state index in [0.29, 0.717) is 6.04 Å². The quantitative estimate of drug-likeness (QED) is 0.488. The summed E-state index contributed by atoms with van der Waals surface area (Å²) >= 11 is 0. The molecule has 0 aromatic heterocycles. The molecule has 5 nitrogen and oxygen atoms in total. The molecule has 0 aromatic carbocycles. The summed E-state index contributed by atoms with van der Waals surface area (Å²) in [6.45, 7) is 33.1. The van der Waals surface area contributed by atoms with Crippen molar-refractivity contribution in [2.24, 2.45) is 17.8 Å². The van der Waals surface area contributed by atoms with Gasteiger partial charge in [-0.3, -0.25) is 4.90 Å². The molecule has 3 fully saturated rings. The van der Waals surface area contributed by atoms with Gasteiger partial charge in [-0.15, -0.1) is 0 Å². The van der Waals surface area contributed by atoms with Crippen molar-refractivity contribution < 1.29 is 0 Å². The fourth-order valence-corrected chi connectivity index (χ4v) is 5.73. The molecule has 0 amide bonds. The van der Waals surface area contributed by atoms with Crippen LogP contribution in [-0.2, 0) is 0 Å². The predicted molar refractivity (Wildman–Crippen MR) is 156 cm³/mol. The van der Waals surface area contributed by atoms with Crippen LogP contribution in [0.3, 0.4) is 0 Å². The minimum atomic E-state index is 0.682. The van der Waals surface area contributed by atoms with Gasteiger partial charge in [0, 0.05) is 63.9 Å². The predicted octanol–water partition coefficient (Wildman–Crippen LogP) is 5.07. The number of piperidine rings is 2. The SMILES string of the molecule is CC.CC(C)N1CCC(CN2CCN(C(C)C)CC2)CC1.CC1CN(C)CCC1CN(C)C(C)C. The Kier molecular flexibility index (Phi) is 16.3. The first-order chi connectivity index (χ1) is 16.6. The second-order valence-electron chi connectivity index (χ2n) is 12.3. The van der Waals surface area contributed by atoms with Gasteiger partial charge in [0.1, 0.15) is 0 Å². The maximum atomic E-state index is 2.70. The first-order valence-electron chi connectivity index (χ1n) is 15.2. The van der Waals surface area contributed by atoms with Crippen molar-refractivity contribution in [1.29, 1.82) is 0 Å². The molecule has 2 atom stereocenters. The lowest BCUT2D eigenvalue weighted by Gasteiger charge is -2.40. The lowest BCUT2D eigenvalue weighted by atomic mass is 9.86. The Labute approximate surface area is 221 Å². The molecule has 3 aliphatic rings. The second kappa shape index (κ2) is 17.3. The summed E-state index contributed by atoms with van der Waals surface area (Å²) in [5.41, 5.74) is 0. The van der Waals surface area contributed by atoms with E-state index in [2.05, 4.69) is 87.1 Å². The maximum absolute atomic E-state index is 2.70. The van der Waals surface area contributed by atoms with E-state index in [0.717, 1.165) is 29.8 Å². The van der Waals surface area contributed by atoms with E-state index >= 15 is 0 Å². The van der Waals surface area contributed by atoms with Gasteiger partial charge in [-0.2, -0.15) is 0 Å². The Morgan fingerprint density at radius 1 is 0.743 bits per heavy atom. The van der Waals surface area contributed by atoms with Gasteiger partial charge in [-0.1, -0.05) is 20.8 Å². The molecule has 0 bridgehead atoms. The van der Waals surface area contributed by atoms with E-state index in [1.807, 2.05) is 13.8 Å². The van der Waals surface area contributed by atoms with Crippen LogP contribution in [0.5, 0.6) is 0 Å². The number of hydrogen-bond acceptors (Lipinski definition) is 5. The molecule has 3 heterocycles. The summed E-state index contributed by atoms with van der Waals surface area (Å²) in [5.74, 6) is 2.70. The smallest absolute Gasteiger partial charge is 0.0113 e. The molecule has 0 radical (unpaired) electrons. The van der Waals surface area contributed by atoms with Crippen LogP contribution in [0.15, 0.2) is 0 Å². The van der Waals surface area contributed by atoms with Crippen LogP contribution in [0.1, 0.15) is 81.6 Å². The highest BCUT2D eigenvalue weighted by atomic mass is 15.3. The number of nitrogens with zero attached hydrogens (tertiary/aromatic N) is 5. The third kappa shape index (κ3) is 12.3. The molecule has 210 valence electrons. The molecular weight excluding hydrogens is 430 g/mol. The minimum absolute atomic E-state index is 0.682. The van der Waals surface area contributed by atoms with Crippen molar-refractivity contribution in [2.45, 2.75) is 99.7 Å². The topological polar surface area (TPSA) is 16.2 Å². The van der Waals surface area contributed by atoms with Crippen LogP contribution < -0.4 is 0 Å². The van der Waals surface area contributed by atoms with Gasteiger partial charge >= 0.3 is 0 Å². The fraction of sp³-hybridized carbons (Fsp3) is 1.00. The third-order valence-corrected chi connectivity index (χ3v) is 8.72. The van der Waals surface area contributed by atoms with Crippen molar-refractivity contribution in [3.63, 3.8) is 0 Å². The molecule has 0 aliphatic carbocycles. The van der Waals surface area contributed by atoms with Crippen molar-refractivity contribution in [3.05, 3.63) is 0 Å². The average Bonchev–Trinajstić information content (AvgIpc) is 2.83. The molecule has 0 spiro atoms. The van der Waals surface area contributed by atoms with Crippen LogP contribution in [-0.4, -0.2) is 122 Å². The largest absolute Gasteiger partial charge is 0.306 e. The first kappa shape index (κ1) is 32.8. The summed E-state index contributed by atoms with van der Waals surface area (Å²) in [7, 11) is 4.48. The standard InChI is InChI=1S/C16H33N3.C12H26N2.C2H6/c1-14(2)18-7-5-16(6-8-18)13-17-9-11-19(12-10-17)15(3)4;1-10(2)14(5)9-12-6-7-13(4)8-11(12)3;1-2/h14-16H,5-13H2,1-4H3;10-12H,6-9H2,1-5H3;1-2H3. The maximum Gasteiger partial charge on any atom is 0.0113 e. The number of rotatable bonds is 7. The zero-order chi connectivity index (χ0) is 26.5. The minimum Gasteiger partial charge on any atom is -0.306 e. The highest BCUT2D eigenvalue weighted by Crippen LogP contribution is 2.23. The van der Waals surface area contributed by atoms with Gasteiger partial charge in [-0.05, 0) is 112 Å². The first-order valence-corrected chi connectivity index (χ1v) is 15.2. The number of hydrogen-bond donors (Lipinski definition) is 0. The lowest BCUT2D eigenvalue weighted by Crippen LogP contribution is -2.50. The second-order valence-corrected chi connectivity index (χ2v) is 12.3. The summed E-state index contributed by atoms with van der Waals surface area (Å²) < 4.78 is 0. The van der Waals surface area contributed by atoms with E-state index in [9.17, 15) is 0 Å². The third-order valence-electron chi connectivity index (χ3n) is 8.72. The Morgan fingerprint density at radius 2 is 1.26 bits per heavy atom. The van der Waals surface area contributed by atoms with E-state index in [-0.39, 0.29) is 0 Å². The van der Waals surface area contributed by atoms with Crippen LogP contribution >= 0.6 is 0 Å². The van der Waals surface area contributed by atoms with E-state index in [4.69, 9.17) is 0 Å². The Hall–Kier alpha value is -0.200. The number of piperazine rings is 1. The van der Waals surface area contributed by atoms with E-state index < -0.39 is 0 Å². The fourth-order valence-electron chi connectivity index (χ4n) is 5.73. The van der Waals surface area contributed by atoms with Crippen molar-refractivity contribution >= 4 is 0 Å². The van der Waals surface area contributed by atoms with Gasteiger partial charge in [-0.25, -0.2) is 0 Å². The van der Waals surface area contributed by atoms with Crippen molar-refractivity contribution in [3.8, 4) is 0 Å². The van der Waals surface area contributed by atoms with Crippen LogP contribution in [0, 0.1) is 17.8 Å². The van der Waals surface area contributed by atoms with Gasteiger partial charge in [0.25, 0.3) is 0 Å². The molecule has 0 N–H and O–H groups in total. The van der Waals surface area contributed by atoms with Crippen LogP contribution in [0.2, 0.25) is 0 Å². The molecular formula is C30H65N5. The lowest BCUT2D eigenvalue weighted by molar-refractivity contribution is 0.0758. The van der Waals surface area contributed by atoms with Crippen LogP contribution in [0.4, 0.5) is 0 Å². The van der Waals surface area contributed by atoms with Crippen molar-refractivity contribution in [2.75, 3.05) is 79.5 Å². The molecule has 3 rings (SSSR count). The molecule has 2 unspecified atom stereocenters. The summed E-state index contributed by atoms with van der Waals surface area (Å²) in [6, 6.07) is 2.13. The molecule has 0 saturated carbocycles.